The smallest absolute Gasteiger partial charge is 0.345 e. The van der Waals surface area contributed by atoms with E-state index in [1.165, 1.54) is 11.3 Å². The van der Waals surface area contributed by atoms with Crippen LogP contribution in [0.1, 0.15) is 20.1 Å². The van der Waals surface area contributed by atoms with E-state index in [2.05, 4.69) is 15.9 Å². The quantitative estimate of drug-likeness (QED) is 0.905. The van der Waals surface area contributed by atoms with Gasteiger partial charge in [0, 0.05) is 9.35 Å². The second kappa shape index (κ2) is 6.13. The molecule has 18 heavy (non-hydrogen) atoms. The maximum absolute atomic E-state index is 10.7. The average Bonchev–Trinajstić information content (AvgIpc) is 2.80. The molecule has 0 aliphatic carbocycles. The van der Waals surface area contributed by atoms with Crippen molar-refractivity contribution in [3.05, 3.63) is 56.2 Å². The van der Waals surface area contributed by atoms with E-state index in [-0.39, 0.29) is 0 Å². The van der Waals surface area contributed by atoms with Crippen LogP contribution in [0, 0.1) is 0 Å². The summed E-state index contributed by atoms with van der Waals surface area (Å²) in [4.78, 5) is 12.0. The van der Waals surface area contributed by atoms with Gasteiger partial charge in [-0.15, -0.1) is 11.3 Å². The molecule has 1 aromatic carbocycles. The fourth-order valence-corrected chi connectivity index (χ4v) is 2.63. The van der Waals surface area contributed by atoms with Crippen molar-refractivity contribution in [3.63, 3.8) is 0 Å². The van der Waals surface area contributed by atoms with Crippen molar-refractivity contribution in [1.82, 2.24) is 0 Å². The molecule has 0 amide bonds. The first-order valence-corrected chi connectivity index (χ1v) is 6.91. The highest BCUT2D eigenvalue weighted by molar-refractivity contribution is 9.10. The van der Waals surface area contributed by atoms with Crippen LogP contribution in [0.15, 0.2) is 40.9 Å². The lowest BCUT2D eigenvalue weighted by molar-refractivity contribution is 0.0702. The third-order valence-corrected chi connectivity index (χ3v) is 4.15. The SMILES string of the molecule is O=C(O)c1ccc(COCc2ccccc2Br)s1. The zero-order valence-corrected chi connectivity index (χ0v) is 11.8. The normalized spacial score (nSPS) is 10.5. The standard InChI is InChI=1S/C13H11BrO3S/c14-11-4-2-1-3-9(11)7-17-8-10-5-6-12(18-10)13(15)16/h1-6H,7-8H2,(H,15,16). The average molecular weight is 327 g/mol. The highest BCUT2D eigenvalue weighted by atomic mass is 79.9. The van der Waals surface area contributed by atoms with Crippen molar-refractivity contribution in [3.8, 4) is 0 Å². The Labute approximate surface area is 117 Å². The number of aromatic carboxylic acids is 1. The molecule has 1 aromatic heterocycles. The van der Waals surface area contributed by atoms with Crippen LogP contribution in [-0.2, 0) is 18.0 Å². The summed E-state index contributed by atoms with van der Waals surface area (Å²) in [6, 6.07) is 11.2. The van der Waals surface area contributed by atoms with Crippen molar-refractivity contribution in [2.45, 2.75) is 13.2 Å². The number of carboxylic acids is 1. The van der Waals surface area contributed by atoms with Crippen LogP contribution in [-0.4, -0.2) is 11.1 Å². The second-order valence-corrected chi connectivity index (χ2v) is 5.68. The zero-order valence-electron chi connectivity index (χ0n) is 9.43. The Morgan fingerprint density at radius 3 is 2.67 bits per heavy atom. The Bertz CT molecular complexity index is 551. The number of hydrogen-bond acceptors (Lipinski definition) is 3. The van der Waals surface area contributed by atoms with Gasteiger partial charge in [-0.25, -0.2) is 4.79 Å². The van der Waals surface area contributed by atoms with E-state index in [1.54, 1.807) is 12.1 Å². The number of hydrogen-bond donors (Lipinski definition) is 1. The van der Waals surface area contributed by atoms with Crippen LogP contribution in [0.2, 0.25) is 0 Å². The van der Waals surface area contributed by atoms with Gasteiger partial charge in [0.15, 0.2) is 0 Å². The summed E-state index contributed by atoms with van der Waals surface area (Å²) in [7, 11) is 0. The molecule has 0 saturated carbocycles. The summed E-state index contributed by atoms with van der Waals surface area (Å²) in [6.07, 6.45) is 0. The largest absolute Gasteiger partial charge is 0.477 e. The van der Waals surface area contributed by atoms with Gasteiger partial charge in [0.2, 0.25) is 0 Å². The molecule has 0 bridgehead atoms. The summed E-state index contributed by atoms with van der Waals surface area (Å²) < 4.78 is 6.58. The van der Waals surface area contributed by atoms with Gasteiger partial charge in [0.05, 0.1) is 13.2 Å². The zero-order chi connectivity index (χ0) is 13.0. The lowest BCUT2D eigenvalue weighted by atomic mass is 10.2. The third kappa shape index (κ3) is 3.41. The molecule has 5 heteroatoms. The first-order valence-electron chi connectivity index (χ1n) is 5.30. The van der Waals surface area contributed by atoms with Gasteiger partial charge in [-0.2, -0.15) is 0 Å². The van der Waals surface area contributed by atoms with Crippen LogP contribution in [0.25, 0.3) is 0 Å². The number of ether oxygens (including phenoxy) is 1. The third-order valence-electron chi connectivity index (χ3n) is 2.33. The van der Waals surface area contributed by atoms with E-state index >= 15 is 0 Å². The number of carbonyl (C=O) groups is 1. The van der Waals surface area contributed by atoms with Crippen LogP contribution < -0.4 is 0 Å². The van der Waals surface area contributed by atoms with Crippen molar-refractivity contribution < 1.29 is 14.6 Å². The minimum absolute atomic E-state index is 0.342. The molecule has 0 saturated heterocycles. The predicted octanol–water partition coefficient (Wildman–Crippen LogP) is 3.93. The van der Waals surface area contributed by atoms with Gasteiger partial charge in [0.25, 0.3) is 0 Å². The molecule has 0 aliphatic heterocycles. The van der Waals surface area contributed by atoms with Gasteiger partial charge in [0.1, 0.15) is 4.88 Å². The summed E-state index contributed by atoms with van der Waals surface area (Å²) in [5.41, 5.74) is 1.08. The summed E-state index contributed by atoms with van der Waals surface area (Å²) in [6.45, 7) is 0.932. The molecule has 94 valence electrons. The topological polar surface area (TPSA) is 46.5 Å². The Hall–Kier alpha value is -1.17. The fourth-order valence-electron chi connectivity index (χ4n) is 1.45. The number of carboxylic acid groups (broad SMARTS) is 1. The second-order valence-electron chi connectivity index (χ2n) is 3.66. The number of rotatable bonds is 5. The molecule has 1 heterocycles. The monoisotopic (exact) mass is 326 g/mol. The molecule has 0 aliphatic rings. The molecule has 0 fully saturated rings. The Morgan fingerprint density at radius 1 is 1.22 bits per heavy atom. The maximum Gasteiger partial charge on any atom is 0.345 e. The predicted molar refractivity (Wildman–Crippen MR) is 73.9 cm³/mol. The lowest BCUT2D eigenvalue weighted by Crippen LogP contribution is -1.93. The summed E-state index contributed by atoms with van der Waals surface area (Å²) in [5.74, 6) is -0.892. The fraction of sp³-hybridized carbons (Fsp3) is 0.154. The molecule has 0 atom stereocenters. The van der Waals surface area contributed by atoms with Crippen LogP contribution in [0.4, 0.5) is 0 Å². The van der Waals surface area contributed by atoms with Crippen molar-refractivity contribution in [1.29, 1.82) is 0 Å². The molecule has 0 spiro atoms. The highest BCUT2D eigenvalue weighted by Gasteiger charge is 2.07. The molecule has 2 aromatic rings. The van der Waals surface area contributed by atoms with Gasteiger partial charge in [-0.3, -0.25) is 0 Å². The van der Waals surface area contributed by atoms with Gasteiger partial charge >= 0.3 is 5.97 Å². The minimum atomic E-state index is -0.892. The van der Waals surface area contributed by atoms with Crippen molar-refractivity contribution in [2.75, 3.05) is 0 Å². The van der Waals surface area contributed by atoms with Crippen LogP contribution >= 0.6 is 27.3 Å². The summed E-state index contributed by atoms with van der Waals surface area (Å²) >= 11 is 4.69. The number of benzene rings is 1. The Kier molecular flexibility index (Phi) is 4.52. The molecule has 0 radical (unpaired) electrons. The number of halogens is 1. The van der Waals surface area contributed by atoms with E-state index in [1.807, 2.05) is 24.3 Å². The van der Waals surface area contributed by atoms with Gasteiger partial charge in [-0.05, 0) is 23.8 Å². The van der Waals surface area contributed by atoms with Crippen LogP contribution in [0.3, 0.4) is 0 Å². The maximum atomic E-state index is 10.7. The molecular weight excluding hydrogens is 316 g/mol. The molecule has 3 nitrogen and oxygen atoms in total. The first kappa shape index (κ1) is 13.3. The van der Waals surface area contributed by atoms with E-state index in [4.69, 9.17) is 9.84 Å². The molecule has 1 N–H and O–H groups in total. The minimum Gasteiger partial charge on any atom is -0.477 e. The van der Waals surface area contributed by atoms with E-state index in [0.29, 0.717) is 18.1 Å². The van der Waals surface area contributed by atoms with Gasteiger partial charge < -0.3 is 9.84 Å². The molecule has 0 unspecified atom stereocenters. The van der Waals surface area contributed by atoms with Gasteiger partial charge in [-0.1, -0.05) is 34.1 Å². The lowest BCUT2D eigenvalue weighted by Gasteiger charge is -2.04. The van der Waals surface area contributed by atoms with Crippen molar-refractivity contribution in [2.24, 2.45) is 0 Å². The molecule has 2 rings (SSSR count). The van der Waals surface area contributed by atoms with Crippen LogP contribution in [0.5, 0.6) is 0 Å². The van der Waals surface area contributed by atoms with E-state index < -0.39 is 5.97 Å². The Balaban J connectivity index is 1.88. The highest BCUT2D eigenvalue weighted by Crippen LogP contribution is 2.20. The summed E-state index contributed by atoms with van der Waals surface area (Å²) in [5, 5.41) is 8.80. The van der Waals surface area contributed by atoms with Crippen molar-refractivity contribution >= 4 is 33.2 Å². The molecular formula is C13H11BrO3S. The van der Waals surface area contributed by atoms with E-state index in [9.17, 15) is 4.79 Å². The van der Waals surface area contributed by atoms with E-state index in [0.717, 1.165) is 14.9 Å². The Morgan fingerprint density at radius 2 is 2.00 bits per heavy atom. The number of thiophene rings is 1. The first-order chi connectivity index (χ1) is 8.66.